The maximum absolute atomic E-state index is 6.90. The second kappa shape index (κ2) is 8.99. The van der Waals surface area contributed by atoms with Gasteiger partial charge in [-0.3, -0.25) is 0 Å². The molecule has 0 bridgehead atoms. The Hall–Kier alpha value is -5.02. The van der Waals surface area contributed by atoms with Gasteiger partial charge in [-0.1, -0.05) is 112 Å². The van der Waals surface area contributed by atoms with Crippen LogP contribution < -0.4 is 4.90 Å². The molecule has 0 fully saturated rings. The Labute approximate surface area is 244 Å². The van der Waals surface area contributed by atoms with Gasteiger partial charge >= 0.3 is 0 Å². The molecule has 2 heterocycles. The fraction of sp³-hybridized carbons (Fsp3) is 0.128. The predicted octanol–water partition coefficient (Wildman–Crippen LogP) is 11.7. The van der Waals surface area contributed by atoms with E-state index >= 15 is 0 Å². The Morgan fingerprint density at radius 1 is 0.476 bits per heavy atom. The van der Waals surface area contributed by atoms with Crippen molar-refractivity contribution in [1.29, 1.82) is 0 Å². The van der Waals surface area contributed by atoms with Gasteiger partial charge in [0.1, 0.15) is 16.7 Å². The van der Waals surface area contributed by atoms with Gasteiger partial charge in [0.05, 0.1) is 11.4 Å². The van der Waals surface area contributed by atoms with Crippen LogP contribution in [0.2, 0.25) is 0 Å². The minimum Gasteiger partial charge on any atom is -0.455 e. The van der Waals surface area contributed by atoms with Gasteiger partial charge in [0.2, 0.25) is 0 Å². The number of nitrogens with zero attached hydrogens (tertiary/aromatic N) is 1. The molecule has 0 aliphatic rings. The average Bonchev–Trinajstić information content (AvgIpc) is 3.57. The van der Waals surface area contributed by atoms with E-state index in [9.17, 15) is 0 Å². The normalized spacial score (nSPS) is 12.3. The summed E-state index contributed by atoms with van der Waals surface area (Å²) < 4.78 is 13.4. The van der Waals surface area contributed by atoms with E-state index in [0.29, 0.717) is 0 Å². The molecular formula is C39H31NO2. The number of para-hydroxylation sites is 4. The third-order valence-corrected chi connectivity index (χ3v) is 8.51. The van der Waals surface area contributed by atoms with Crippen LogP contribution >= 0.6 is 0 Å². The summed E-state index contributed by atoms with van der Waals surface area (Å²) in [7, 11) is 0. The second-order valence-electron chi connectivity index (χ2n) is 12.2. The fourth-order valence-corrected chi connectivity index (χ4v) is 6.49. The van der Waals surface area contributed by atoms with Crippen molar-refractivity contribution >= 4 is 71.7 Å². The maximum atomic E-state index is 6.90. The van der Waals surface area contributed by atoms with Crippen molar-refractivity contribution in [1.82, 2.24) is 0 Å². The molecule has 8 rings (SSSR count). The zero-order chi connectivity index (χ0) is 28.6. The van der Waals surface area contributed by atoms with E-state index in [0.717, 1.165) is 71.7 Å². The van der Waals surface area contributed by atoms with Crippen molar-refractivity contribution in [3.63, 3.8) is 0 Å². The first-order valence-corrected chi connectivity index (χ1v) is 14.5. The lowest BCUT2D eigenvalue weighted by Crippen LogP contribution is -2.12. The number of hydrogen-bond donors (Lipinski definition) is 0. The molecule has 2 aromatic heterocycles. The number of furan rings is 2. The third kappa shape index (κ3) is 3.60. The summed E-state index contributed by atoms with van der Waals surface area (Å²) in [5.74, 6) is 0. The Balaban J connectivity index is 1.52. The Bertz CT molecular complexity index is 2310. The van der Waals surface area contributed by atoms with Crippen molar-refractivity contribution in [2.45, 2.75) is 33.1 Å². The second-order valence-corrected chi connectivity index (χ2v) is 12.2. The third-order valence-electron chi connectivity index (χ3n) is 8.51. The summed E-state index contributed by atoms with van der Waals surface area (Å²) in [4.78, 5) is 2.38. The lowest BCUT2D eigenvalue weighted by atomic mass is 9.86. The highest BCUT2D eigenvalue weighted by atomic mass is 16.3. The van der Waals surface area contributed by atoms with E-state index in [-0.39, 0.29) is 5.41 Å². The van der Waals surface area contributed by atoms with Crippen LogP contribution in [0.1, 0.15) is 31.9 Å². The van der Waals surface area contributed by atoms with Gasteiger partial charge in [-0.05, 0) is 42.2 Å². The maximum Gasteiger partial charge on any atom is 0.159 e. The molecule has 204 valence electrons. The fourth-order valence-electron chi connectivity index (χ4n) is 6.49. The Kier molecular flexibility index (Phi) is 5.30. The van der Waals surface area contributed by atoms with Crippen molar-refractivity contribution in [2.24, 2.45) is 0 Å². The first-order valence-electron chi connectivity index (χ1n) is 14.5. The summed E-state index contributed by atoms with van der Waals surface area (Å²) in [6.07, 6.45) is 0. The highest BCUT2D eigenvalue weighted by Crippen LogP contribution is 2.48. The lowest BCUT2D eigenvalue weighted by Gasteiger charge is -2.28. The Morgan fingerprint density at radius 2 is 1.07 bits per heavy atom. The molecule has 0 unspecified atom stereocenters. The molecule has 0 radical (unpaired) electrons. The van der Waals surface area contributed by atoms with Crippen molar-refractivity contribution in [3.8, 4) is 0 Å². The molecule has 0 aliphatic carbocycles. The van der Waals surface area contributed by atoms with E-state index in [1.54, 1.807) is 0 Å². The van der Waals surface area contributed by atoms with E-state index in [4.69, 9.17) is 8.83 Å². The lowest BCUT2D eigenvalue weighted by molar-refractivity contribution is 0.573. The molecule has 8 aromatic rings. The van der Waals surface area contributed by atoms with Crippen LogP contribution in [0.5, 0.6) is 0 Å². The zero-order valence-electron chi connectivity index (χ0n) is 24.2. The smallest absolute Gasteiger partial charge is 0.159 e. The van der Waals surface area contributed by atoms with Crippen LogP contribution in [0.25, 0.3) is 54.6 Å². The molecular weight excluding hydrogens is 514 g/mol. The SMILES string of the molecule is Cc1ccccc1N(c1cc2c3ccccc3oc2c2ccccc12)c1cccc2c1oc1c(C(C)(C)C)cccc12. The molecule has 6 aromatic carbocycles. The Morgan fingerprint density at radius 3 is 1.86 bits per heavy atom. The van der Waals surface area contributed by atoms with E-state index in [2.05, 4.69) is 136 Å². The van der Waals surface area contributed by atoms with Gasteiger partial charge in [0.25, 0.3) is 0 Å². The van der Waals surface area contributed by atoms with E-state index < -0.39 is 0 Å². The number of rotatable bonds is 3. The number of benzene rings is 6. The number of anilines is 3. The monoisotopic (exact) mass is 545 g/mol. The van der Waals surface area contributed by atoms with Crippen LogP contribution in [0, 0.1) is 6.92 Å². The summed E-state index contributed by atoms with van der Waals surface area (Å²) in [5, 5.41) is 6.68. The first kappa shape index (κ1) is 24.8. The highest BCUT2D eigenvalue weighted by molar-refractivity contribution is 6.20. The molecule has 3 heteroatoms. The summed E-state index contributed by atoms with van der Waals surface area (Å²) in [5.41, 5.74) is 9.20. The molecule has 0 N–H and O–H groups in total. The molecule has 0 saturated carbocycles. The zero-order valence-corrected chi connectivity index (χ0v) is 24.2. The van der Waals surface area contributed by atoms with Gasteiger partial charge < -0.3 is 13.7 Å². The molecule has 3 nitrogen and oxygen atoms in total. The first-order chi connectivity index (χ1) is 20.4. The molecule has 0 saturated heterocycles. The largest absolute Gasteiger partial charge is 0.455 e. The van der Waals surface area contributed by atoms with Gasteiger partial charge in [-0.25, -0.2) is 0 Å². The van der Waals surface area contributed by atoms with Crippen LogP contribution in [-0.2, 0) is 5.41 Å². The summed E-state index contributed by atoms with van der Waals surface area (Å²) in [6, 6.07) is 40.7. The van der Waals surface area contributed by atoms with Gasteiger partial charge in [0.15, 0.2) is 5.58 Å². The number of hydrogen-bond acceptors (Lipinski definition) is 3. The summed E-state index contributed by atoms with van der Waals surface area (Å²) in [6.45, 7) is 8.90. The van der Waals surface area contributed by atoms with E-state index in [1.807, 2.05) is 12.1 Å². The molecule has 0 aliphatic heterocycles. The number of fused-ring (bicyclic) bond motifs is 8. The molecule has 42 heavy (non-hydrogen) atoms. The standard InChI is InChI=1S/C39H31NO2/c1-24-13-5-9-20-32(24)40(33-21-12-18-29-28-17-11-19-31(39(2,3)4)37(28)42-38(29)33)34-23-30-26-15-8-10-22-35(26)41-36(30)27-16-7-6-14-25(27)34/h5-23H,1-4H3. The predicted molar refractivity (Wildman–Crippen MR) is 177 cm³/mol. The minimum absolute atomic E-state index is 0.0488. The molecule has 0 amide bonds. The van der Waals surface area contributed by atoms with E-state index in [1.165, 1.54) is 11.1 Å². The molecule has 0 spiro atoms. The summed E-state index contributed by atoms with van der Waals surface area (Å²) >= 11 is 0. The van der Waals surface area contributed by atoms with Crippen molar-refractivity contribution in [3.05, 3.63) is 126 Å². The highest BCUT2D eigenvalue weighted by Gasteiger charge is 2.26. The van der Waals surface area contributed by atoms with Crippen LogP contribution in [0.3, 0.4) is 0 Å². The quantitative estimate of drug-likeness (QED) is 0.221. The van der Waals surface area contributed by atoms with Crippen molar-refractivity contribution < 1.29 is 8.83 Å². The van der Waals surface area contributed by atoms with Crippen LogP contribution in [0.15, 0.2) is 124 Å². The number of aryl methyl sites for hydroxylation is 1. The van der Waals surface area contributed by atoms with Gasteiger partial charge in [-0.15, -0.1) is 0 Å². The van der Waals surface area contributed by atoms with Crippen LogP contribution in [-0.4, -0.2) is 0 Å². The van der Waals surface area contributed by atoms with Gasteiger partial charge in [-0.2, -0.15) is 0 Å². The minimum atomic E-state index is -0.0488. The van der Waals surface area contributed by atoms with Crippen LogP contribution in [0.4, 0.5) is 17.1 Å². The average molecular weight is 546 g/mol. The molecule has 0 atom stereocenters. The topological polar surface area (TPSA) is 29.5 Å². The van der Waals surface area contributed by atoms with Gasteiger partial charge in [0, 0.05) is 43.6 Å². The van der Waals surface area contributed by atoms with Crippen molar-refractivity contribution in [2.75, 3.05) is 4.90 Å².